The van der Waals surface area contributed by atoms with Gasteiger partial charge in [-0.2, -0.15) is 21.6 Å². The second-order valence-corrected chi connectivity index (χ2v) is 8.02. The number of imidazole rings is 1. The summed E-state index contributed by atoms with van der Waals surface area (Å²) in [5.74, 6) is -0.560. The van der Waals surface area contributed by atoms with Gasteiger partial charge in [0.1, 0.15) is 16.5 Å². The molecule has 0 bridgehead atoms. The van der Waals surface area contributed by atoms with Crippen molar-refractivity contribution in [2.24, 2.45) is 7.05 Å². The number of halogens is 4. The van der Waals surface area contributed by atoms with Gasteiger partial charge in [0.2, 0.25) is 5.03 Å². The molecule has 160 valence electrons. The van der Waals surface area contributed by atoms with Crippen molar-refractivity contribution in [3.05, 3.63) is 52.8 Å². The number of carbonyl (C=O) groups is 1. The largest absolute Gasteiger partial charge is 0.418 e. The first-order chi connectivity index (χ1) is 13.9. The highest BCUT2D eigenvalue weighted by atomic mass is 35.5. The van der Waals surface area contributed by atoms with Crippen molar-refractivity contribution in [1.29, 1.82) is 0 Å². The van der Waals surface area contributed by atoms with Gasteiger partial charge >= 0.3 is 6.18 Å². The summed E-state index contributed by atoms with van der Waals surface area (Å²) in [6, 6.07) is 2.57. The zero-order chi connectivity index (χ0) is 22.3. The molecule has 0 saturated carbocycles. The second-order valence-electron chi connectivity index (χ2n) is 6.06. The van der Waals surface area contributed by atoms with Crippen LogP contribution in [0, 0.1) is 6.92 Å². The van der Waals surface area contributed by atoms with Crippen molar-refractivity contribution >= 4 is 38.9 Å². The monoisotopic (exact) mass is 463 g/mol. The lowest BCUT2D eigenvalue weighted by Gasteiger charge is -2.16. The molecule has 9 nitrogen and oxygen atoms in total. The molecule has 2 heterocycles. The molecule has 0 unspecified atom stereocenters. The Morgan fingerprint density at radius 3 is 2.53 bits per heavy atom. The molecule has 0 aliphatic carbocycles. The number of nitrogens with zero attached hydrogens (tertiary/aromatic N) is 3. The van der Waals surface area contributed by atoms with E-state index in [-0.39, 0.29) is 22.2 Å². The molecule has 3 rings (SSSR count). The van der Waals surface area contributed by atoms with Crippen molar-refractivity contribution in [1.82, 2.24) is 14.7 Å². The first-order valence-electron chi connectivity index (χ1n) is 8.03. The molecule has 30 heavy (non-hydrogen) atoms. The molecule has 0 aliphatic heterocycles. The van der Waals surface area contributed by atoms with Gasteiger partial charge in [-0.15, -0.1) is 0 Å². The molecule has 0 saturated heterocycles. The highest BCUT2D eigenvalue weighted by Crippen LogP contribution is 2.38. The van der Waals surface area contributed by atoms with Crippen LogP contribution in [0.15, 0.2) is 40.3 Å². The van der Waals surface area contributed by atoms with Gasteiger partial charge in [0.25, 0.3) is 15.9 Å². The van der Waals surface area contributed by atoms with E-state index in [4.69, 9.17) is 16.1 Å². The zero-order valence-electron chi connectivity index (χ0n) is 15.3. The third-order valence-corrected chi connectivity index (χ3v) is 5.77. The average molecular weight is 464 g/mol. The Hall–Kier alpha value is -3.06. The molecule has 1 amide bonds. The standard InChI is InChI=1S/C16H13ClF3N5O4S/c1-8-10(6-22-29-8)14(26)23-9-3-4-12(11(5-9)16(18,19)20)24-30(27,28)15-13(17)25(2)7-21-15/h3-7,24H,1-2H3,(H,23,26). The summed E-state index contributed by atoms with van der Waals surface area (Å²) in [4.78, 5) is 15.8. The number of amides is 1. The van der Waals surface area contributed by atoms with E-state index in [1.165, 1.54) is 18.5 Å². The Morgan fingerprint density at radius 2 is 2.00 bits per heavy atom. The number of carbonyl (C=O) groups excluding carboxylic acids is 1. The number of rotatable bonds is 5. The third kappa shape index (κ3) is 4.26. The first kappa shape index (κ1) is 21.6. The number of anilines is 2. The summed E-state index contributed by atoms with van der Waals surface area (Å²) in [5, 5.41) is 4.80. The van der Waals surface area contributed by atoms with Gasteiger partial charge in [-0.1, -0.05) is 16.8 Å². The van der Waals surface area contributed by atoms with Crippen LogP contribution in [0.3, 0.4) is 0 Å². The fourth-order valence-electron chi connectivity index (χ4n) is 2.43. The van der Waals surface area contributed by atoms with Gasteiger partial charge in [0.15, 0.2) is 0 Å². The predicted octanol–water partition coefficient (Wildman–Crippen LogP) is 3.44. The van der Waals surface area contributed by atoms with Crippen LogP contribution in [-0.2, 0) is 23.2 Å². The molecular formula is C16H13ClF3N5O4S. The van der Waals surface area contributed by atoms with E-state index < -0.39 is 38.4 Å². The van der Waals surface area contributed by atoms with Gasteiger partial charge in [0, 0.05) is 12.7 Å². The summed E-state index contributed by atoms with van der Waals surface area (Å²) >= 11 is 5.83. The van der Waals surface area contributed by atoms with E-state index in [1.54, 1.807) is 0 Å². The molecule has 2 aromatic heterocycles. The van der Waals surface area contributed by atoms with Crippen LogP contribution in [0.2, 0.25) is 5.15 Å². The normalized spacial score (nSPS) is 12.1. The fourth-order valence-corrected chi connectivity index (χ4v) is 3.94. The van der Waals surface area contributed by atoms with Gasteiger partial charge < -0.3 is 14.4 Å². The molecule has 0 spiro atoms. The summed E-state index contributed by atoms with van der Waals surface area (Å²) in [7, 11) is -3.08. The number of nitrogens with one attached hydrogen (secondary N) is 2. The zero-order valence-corrected chi connectivity index (χ0v) is 16.9. The summed E-state index contributed by atoms with van der Waals surface area (Å²) in [6.07, 6.45) is -2.71. The van der Waals surface area contributed by atoms with Crippen LogP contribution in [0.5, 0.6) is 0 Å². The van der Waals surface area contributed by atoms with E-state index in [2.05, 4.69) is 15.5 Å². The molecule has 0 atom stereocenters. The number of hydrogen-bond donors (Lipinski definition) is 2. The maximum atomic E-state index is 13.5. The minimum atomic E-state index is -4.93. The van der Waals surface area contributed by atoms with Crippen LogP contribution in [0.25, 0.3) is 0 Å². The van der Waals surface area contributed by atoms with E-state index in [0.717, 1.165) is 24.7 Å². The van der Waals surface area contributed by atoms with Crippen LogP contribution < -0.4 is 10.0 Å². The van der Waals surface area contributed by atoms with Crippen molar-refractivity contribution in [3.8, 4) is 0 Å². The molecule has 3 aromatic rings. The number of alkyl halides is 3. The third-order valence-electron chi connectivity index (χ3n) is 3.91. The molecular weight excluding hydrogens is 451 g/mol. The van der Waals surface area contributed by atoms with Crippen molar-refractivity contribution in [3.63, 3.8) is 0 Å². The van der Waals surface area contributed by atoms with Crippen LogP contribution >= 0.6 is 11.6 Å². The van der Waals surface area contributed by atoms with Gasteiger partial charge in [-0.25, -0.2) is 4.98 Å². The van der Waals surface area contributed by atoms with Crippen molar-refractivity contribution in [2.75, 3.05) is 10.0 Å². The molecule has 0 fully saturated rings. The van der Waals surface area contributed by atoms with Gasteiger partial charge in [-0.3, -0.25) is 9.52 Å². The Kier molecular flexibility index (Phi) is 5.52. The minimum Gasteiger partial charge on any atom is -0.361 e. The fraction of sp³-hybridized carbons (Fsp3) is 0.188. The number of aromatic nitrogens is 3. The Labute approximate surface area is 172 Å². The van der Waals surface area contributed by atoms with Crippen LogP contribution in [0.1, 0.15) is 21.7 Å². The summed E-state index contributed by atoms with van der Waals surface area (Å²) in [5.41, 5.74) is -2.26. The lowest BCUT2D eigenvalue weighted by Crippen LogP contribution is -2.19. The number of benzene rings is 1. The van der Waals surface area contributed by atoms with E-state index in [0.29, 0.717) is 6.07 Å². The Balaban J connectivity index is 1.95. The minimum absolute atomic E-state index is 0.0399. The summed E-state index contributed by atoms with van der Waals surface area (Å²) < 4.78 is 73.3. The molecule has 14 heteroatoms. The molecule has 2 N–H and O–H groups in total. The average Bonchev–Trinajstić information content (AvgIpc) is 3.21. The van der Waals surface area contributed by atoms with E-state index in [9.17, 15) is 26.4 Å². The molecule has 0 aliphatic rings. The quantitative estimate of drug-likeness (QED) is 0.598. The lowest BCUT2D eigenvalue weighted by molar-refractivity contribution is -0.136. The summed E-state index contributed by atoms with van der Waals surface area (Å²) in [6.45, 7) is 1.46. The van der Waals surface area contributed by atoms with Gasteiger partial charge in [0.05, 0.1) is 23.8 Å². The smallest absolute Gasteiger partial charge is 0.361 e. The molecule has 0 radical (unpaired) electrons. The Morgan fingerprint density at radius 1 is 1.30 bits per heavy atom. The first-order valence-corrected chi connectivity index (χ1v) is 9.90. The van der Waals surface area contributed by atoms with Crippen molar-refractivity contribution in [2.45, 2.75) is 18.1 Å². The van der Waals surface area contributed by atoms with Gasteiger partial charge in [-0.05, 0) is 25.1 Å². The lowest BCUT2D eigenvalue weighted by atomic mass is 10.1. The van der Waals surface area contributed by atoms with Crippen LogP contribution in [0.4, 0.5) is 24.5 Å². The topological polar surface area (TPSA) is 119 Å². The molecule has 1 aromatic carbocycles. The SMILES string of the molecule is Cc1oncc1C(=O)Nc1ccc(NS(=O)(=O)c2ncn(C)c2Cl)c(C(F)(F)F)c1. The highest BCUT2D eigenvalue weighted by Gasteiger charge is 2.36. The predicted molar refractivity (Wildman–Crippen MR) is 99.7 cm³/mol. The van der Waals surface area contributed by atoms with E-state index in [1.807, 2.05) is 4.72 Å². The number of aryl methyl sites for hydroxylation is 2. The van der Waals surface area contributed by atoms with Crippen LogP contribution in [-0.4, -0.2) is 29.0 Å². The number of hydrogen-bond acceptors (Lipinski definition) is 6. The second kappa shape index (κ2) is 7.65. The number of sulfonamides is 1. The maximum Gasteiger partial charge on any atom is 0.418 e. The maximum absolute atomic E-state index is 13.5. The van der Waals surface area contributed by atoms with Crippen molar-refractivity contribution < 1.29 is 30.9 Å². The van der Waals surface area contributed by atoms with E-state index >= 15 is 0 Å². The highest BCUT2D eigenvalue weighted by molar-refractivity contribution is 7.92. The Bertz CT molecular complexity index is 1220.